The number of halogens is 1. The van der Waals surface area contributed by atoms with E-state index in [1.807, 2.05) is 31.2 Å². The normalized spacial score (nSPS) is 12.2. The van der Waals surface area contributed by atoms with Crippen molar-refractivity contribution in [1.82, 2.24) is 5.32 Å². The number of aliphatic hydroxyl groups is 1. The highest BCUT2D eigenvalue weighted by Crippen LogP contribution is 2.11. The summed E-state index contributed by atoms with van der Waals surface area (Å²) in [6, 6.07) is 7.59. The summed E-state index contributed by atoms with van der Waals surface area (Å²) in [4.78, 5) is 11.9. The summed E-state index contributed by atoms with van der Waals surface area (Å²) in [7, 11) is 0. The molecule has 2 N–H and O–H groups in total. The molecule has 1 atom stereocenters. The largest absolute Gasteiger partial charge is 0.396 e. The Balaban J connectivity index is 2.56. The van der Waals surface area contributed by atoms with Gasteiger partial charge in [-0.3, -0.25) is 4.79 Å². The highest BCUT2D eigenvalue weighted by Gasteiger charge is 2.11. The molecule has 1 aromatic carbocycles. The molecule has 16 heavy (non-hydrogen) atoms. The number of hydrogen-bond donors (Lipinski definition) is 2. The molecule has 0 spiro atoms. The Kier molecular flexibility index (Phi) is 5.76. The lowest BCUT2D eigenvalue weighted by molar-refractivity contribution is 0.0935. The van der Waals surface area contributed by atoms with Crippen molar-refractivity contribution in [2.45, 2.75) is 25.8 Å². The van der Waals surface area contributed by atoms with Crippen LogP contribution >= 0.6 is 22.6 Å². The fourth-order valence-electron chi connectivity index (χ4n) is 1.42. The van der Waals surface area contributed by atoms with Gasteiger partial charge in [0.1, 0.15) is 0 Å². The second-order valence-electron chi connectivity index (χ2n) is 3.72. The lowest BCUT2D eigenvalue weighted by Crippen LogP contribution is -2.33. The van der Waals surface area contributed by atoms with Crippen LogP contribution in [0.5, 0.6) is 0 Å². The van der Waals surface area contributed by atoms with Gasteiger partial charge in [0.05, 0.1) is 5.56 Å². The second kappa shape index (κ2) is 6.85. The number of rotatable bonds is 5. The van der Waals surface area contributed by atoms with Crippen molar-refractivity contribution < 1.29 is 9.90 Å². The first kappa shape index (κ1) is 13.4. The van der Waals surface area contributed by atoms with Crippen LogP contribution < -0.4 is 5.32 Å². The predicted octanol–water partition coefficient (Wildman–Crippen LogP) is 2.18. The van der Waals surface area contributed by atoms with Gasteiger partial charge in [0.15, 0.2) is 0 Å². The molecule has 0 saturated carbocycles. The third-order valence-corrected chi connectivity index (χ3v) is 3.23. The summed E-state index contributed by atoms with van der Waals surface area (Å²) in [5.74, 6) is -0.0459. The Labute approximate surface area is 109 Å². The minimum atomic E-state index is -0.0459. The van der Waals surface area contributed by atoms with Gasteiger partial charge in [-0.05, 0) is 54.5 Å². The molecule has 0 aliphatic heterocycles. The second-order valence-corrected chi connectivity index (χ2v) is 4.88. The maximum Gasteiger partial charge on any atom is 0.252 e. The Morgan fingerprint density at radius 2 is 2.19 bits per heavy atom. The van der Waals surface area contributed by atoms with Gasteiger partial charge in [-0.15, -0.1) is 0 Å². The van der Waals surface area contributed by atoms with Gasteiger partial charge >= 0.3 is 0 Å². The van der Waals surface area contributed by atoms with E-state index in [9.17, 15) is 4.79 Å². The van der Waals surface area contributed by atoms with Crippen molar-refractivity contribution in [3.05, 3.63) is 33.4 Å². The molecule has 0 radical (unpaired) electrons. The quantitative estimate of drug-likeness (QED) is 0.812. The Morgan fingerprint density at radius 3 is 2.81 bits per heavy atom. The SMILES string of the molecule is CC(CCCO)NC(=O)c1ccccc1I. The summed E-state index contributed by atoms with van der Waals surface area (Å²) < 4.78 is 0.951. The number of hydrogen-bond acceptors (Lipinski definition) is 2. The van der Waals surface area contributed by atoms with Crippen molar-refractivity contribution >= 4 is 28.5 Å². The summed E-state index contributed by atoms with van der Waals surface area (Å²) >= 11 is 2.15. The van der Waals surface area contributed by atoms with Crippen molar-refractivity contribution in [3.8, 4) is 0 Å². The number of aliphatic hydroxyl groups excluding tert-OH is 1. The average Bonchev–Trinajstić information content (AvgIpc) is 2.26. The van der Waals surface area contributed by atoms with Crippen LogP contribution in [0.15, 0.2) is 24.3 Å². The first-order valence-electron chi connectivity index (χ1n) is 5.31. The third kappa shape index (κ3) is 4.09. The van der Waals surface area contributed by atoms with Crippen molar-refractivity contribution in [1.29, 1.82) is 0 Å². The molecule has 0 saturated heterocycles. The Bertz CT molecular complexity index is 355. The number of carbonyl (C=O) groups is 1. The molecule has 0 heterocycles. The molecule has 0 fully saturated rings. The standard InChI is InChI=1S/C12H16INO2/c1-9(5-4-8-15)14-12(16)10-6-2-3-7-11(10)13/h2-3,6-7,9,15H,4-5,8H2,1H3,(H,14,16). The van der Waals surface area contributed by atoms with Crippen molar-refractivity contribution in [2.75, 3.05) is 6.61 Å². The molecule has 1 amide bonds. The number of benzene rings is 1. The van der Waals surface area contributed by atoms with Crippen LogP contribution in [0.4, 0.5) is 0 Å². The van der Waals surface area contributed by atoms with E-state index in [1.54, 1.807) is 0 Å². The van der Waals surface area contributed by atoms with Crippen LogP contribution in [0.25, 0.3) is 0 Å². The molecule has 1 unspecified atom stereocenters. The molecule has 4 heteroatoms. The van der Waals surface area contributed by atoms with Gasteiger partial charge < -0.3 is 10.4 Å². The maximum absolute atomic E-state index is 11.9. The molecule has 88 valence electrons. The number of nitrogens with one attached hydrogen (secondary N) is 1. The van der Waals surface area contributed by atoms with Gasteiger partial charge in [-0.25, -0.2) is 0 Å². The van der Waals surface area contributed by atoms with Gasteiger partial charge in [0.2, 0.25) is 0 Å². The van der Waals surface area contributed by atoms with E-state index in [1.165, 1.54) is 0 Å². The summed E-state index contributed by atoms with van der Waals surface area (Å²) in [6.45, 7) is 2.12. The topological polar surface area (TPSA) is 49.3 Å². The van der Waals surface area contributed by atoms with Gasteiger partial charge in [0.25, 0.3) is 5.91 Å². The average molecular weight is 333 g/mol. The van der Waals surface area contributed by atoms with Crippen LogP contribution in [-0.4, -0.2) is 23.7 Å². The zero-order chi connectivity index (χ0) is 12.0. The van der Waals surface area contributed by atoms with Crippen LogP contribution in [0.1, 0.15) is 30.1 Å². The molecule has 1 aromatic rings. The lowest BCUT2D eigenvalue weighted by Gasteiger charge is -2.13. The fourth-order valence-corrected chi connectivity index (χ4v) is 2.05. The highest BCUT2D eigenvalue weighted by atomic mass is 127. The third-order valence-electron chi connectivity index (χ3n) is 2.29. The van der Waals surface area contributed by atoms with E-state index in [4.69, 9.17) is 5.11 Å². The maximum atomic E-state index is 11.9. The van der Waals surface area contributed by atoms with Crippen LogP contribution in [-0.2, 0) is 0 Å². The first-order valence-corrected chi connectivity index (χ1v) is 6.39. The smallest absolute Gasteiger partial charge is 0.252 e. The van der Waals surface area contributed by atoms with Crippen molar-refractivity contribution in [2.24, 2.45) is 0 Å². The highest BCUT2D eigenvalue weighted by molar-refractivity contribution is 14.1. The van der Waals surface area contributed by atoms with Crippen LogP contribution in [0.3, 0.4) is 0 Å². The van der Waals surface area contributed by atoms with E-state index in [0.717, 1.165) is 9.99 Å². The molecule has 0 aliphatic rings. The Hall–Kier alpha value is -0.620. The van der Waals surface area contributed by atoms with Crippen LogP contribution in [0.2, 0.25) is 0 Å². The lowest BCUT2D eigenvalue weighted by atomic mass is 10.1. The zero-order valence-corrected chi connectivity index (χ0v) is 11.4. The first-order chi connectivity index (χ1) is 7.65. The fraction of sp³-hybridized carbons (Fsp3) is 0.417. The number of carbonyl (C=O) groups excluding carboxylic acids is 1. The molecule has 0 aliphatic carbocycles. The van der Waals surface area contributed by atoms with E-state index in [2.05, 4.69) is 27.9 Å². The van der Waals surface area contributed by atoms with Crippen LogP contribution in [0, 0.1) is 3.57 Å². The molecular weight excluding hydrogens is 317 g/mol. The molecular formula is C12H16INO2. The molecule has 0 bridgehead atoms. The van der Waals surface area contributed by atoms with Gasteiger partial charge in [-0.2, -0.15) is 0 Å². The van der Waals surface area contributed by atoms with E-state index in [0.29, 0.717) is 12.0 Å². The summed E-state index contributed by atoms with van der Waals surface area (Å²) in [5, 5.41) is 11.6. The zero-order valence-electron chi connectivity index (χ0n) is 9.24. The number of amides is 1. The van der Waals surface area contributed by atoms with E-state index < -0.39 is 0 Å². The minimum absolute atomic E-state index is 0.0459. The van der Waals surface area contributed by atoms with E-state index >= 15 is 0 Å². The monoisotopic (exact) mass is 333 g/mol. The summed E-state index contributed by atoms with van der Waals surface area (Å²) in [6.07, 6.45) is 1.51. The summed E-state index contributed by atoms with van der Waals surface area (Å²) in [5.41, 5.74) is 0.707. The van der Waals surface area contributed by atoms with Gasteiger partial charge in [-0.1, -0.05) is 12.1 Å². The minimum Gasteiger partial charge on any atom is -0.396 e. The van der Waals surface area contributed by atoms with Crippen molar-refractivity contribution in [3.63, 3.8) is 0 Å². The molecule has 3 nitrogen and oxygen atoms in total. The Morgan fingerprint density at radius 1 is 1.50 bits per heavy atom. The van der Waals surface area contributed by atoms with Gasteiger partial charge in [0, 0.05) is 16.2 Å². The molecule has 0 aromatic heterocycles. The van der Waals surface area contributed by atoms with E-state index in [-0.39, 0.29) is 18.6 Å². The predicted molar refractivity (Wildman–Crippen MR) is 72.4 cm³/mol. The molecule has 1 rings (SSSR count).